The van der Waals surface area contributed by atoms with E-state index in [1.54, 1.807) is 20.0 Å². The first-order chi connectivity index (χ1) is 9.80. The Labute approximate surface area is 123 Å². The molecule has 1 aromatic rings. The first-order valence-corrected chi connectivity index (χ1v) is 6.67. The van der Waals surface area contributed by atoms with E-state index in [2.05, 4.69) is 5.32 Å². The predicted molar refractivity (Wildman–Crippen MR) is 79.2 cm³/mol. The van der Waals surface area contributed by atoms with Gasteiger partial charge in [0.15, 0.2) is 0 Å². The number of carbonyl (C=O) groups excluding carboxylic acids is 1. The lowest BCUT2D eigenvalue weighted by Gasteiger charge is -2.25. The molecule has 1 amide bonds. The zero-order valence-electron chi connectivity index (χ0n) is 12.5. The summed E-state index contributed by atoms with van der Waals surface area (Å²) in [4.78, 5) is 21.6. The number of hydrogen-bond acceptors (Lipinski definition) is 5. The Morgan fingerprint density at radius 3 is 2.71 bits per heavy atom. The van der Waals surface area contributed by atoms with Crippen molar-refractivity contribution in [2.75, 3.05) is 13.7 Å². The van der Waals surface area contributed by atoms with Crippen molar-refractivity contribution in [2.45, 2.75) is 32.2 Å². The maximum absolute atomic E-state index is 11.3. The number of aryl methyl sites for hydroxylation is 1. The number of hydrogen-bond donors (Lipinski definition) is 2. The van der Waals surface area contributed by atoms with Crippen molar-refractivity contribution in [3.63, 3.8) is 0 Å². The van der Waals surface area contributed by atoms with E-state index in [0.29, 0.717) is 25.2 Å². The summed E-state index contributed by atoms with van der Waals surface area (Å²) in [6.45, 7) is 3.90. The molecule has 0 heterocycles. The highest BCUT2D eigenvalue weighted by atomic mass is 16.6. The molecule has 0 spiro atoms. The predicted octanol–water partition coefficient (Wildman–Crippen LogP) is 1.53. The van der Waals surface area contributed by atoms with Crippen molar-refractivity contribution in [1.82, 2.24) is 5.32 Å². The summed E-state index contributed by atoms with van der Waals surface area (Å²) < 4.78 is 5.56. The van der Waals surface area contributed by atoms with Crippen LogP contribution in [0.25, 0.3) is 0 Å². The van der Waals surface area contributed by atoms with Gasteiger partial charge in [-0.15, -0.1) is 0 Å². The van der Waals surface area contributed by atoms with Crippen LogP contribution in [0.2, 0.25) is 0 Å². The van der Waals surface area contributed by atoms with E-state index in [1.807, 2.05) is 6.92 Å². The Bertz CT molecular complexity index is 533. The maximum atomic E-state index is 11.3. The average Bonchev–Trinajstić information content (AvgIpc) is 2.44. The number of rotatable bonds is 8. The summed E-state index contributed by atoms with van der Waals surface area (Å²) in [6.07, 6.45) is 1.12. The average molecular weight is 295 g/mol. The monoisotopic (exact) mass is 295 g/mol. The number of carbonyl (C=O) groups is 1. The van der Waals surface area contributed by atoms with Crippen LogP contribution in [0.1, 0.15) is 25.3 Å². The fourth-order valence-corrected chi connectivity index (χ4v) is 1.84. The molecule has 1 aromatic carbocycles. The summed E-state index contributed by atoms with van der Waals surface area (Å²) in [6, 6.07) is 4.49. The molecule has 0 aliphatic carbocycles. The second kappa shape index (κ2) is 7.03. The molecule has 3 N–H and O–H groups in total. The zero-order chi connectivity index (χ0) is 16.0. The number of likely N-dealkylation sites (N-methyl/N-ethyl adjacent to an activating group) is 1. The fourth-order valence-electron chi connectivity index (χ4n) is 1.84. The molecular weight excluding hydrogens is 274 g/mol. The van der Waals surface area contributed by atoms with Gasteiger partial charge in [0.1, 0.15) is 5.75 Å². The summed E-state index contributed by atoms with van der Waals surface area (Å²) in [5.74, 6) is 0.0611. The van der Waals surface area contributed by atoms with Gasteiger partial charge in [-0.1, -0.05) is 0 Å². The zero-order valence-corrected chi connectivity index (χ0v) is 12.5. The Morgan fingerprint density at radius 2 is 2.19 bits per heavy atom. The van der Waals surface area contributed by atoms with E-state index in [-0.39, 0.29) is 5.69 Å². The molecule has 21 heavy (non-hydrogen) atoms. The van der Waals surface area contributed by atoms with Crippen molar-refractivity contribution in [3.05, 3.63) is 33.9 Å². The Morgan fingerprint density at radius 1 is 1.52 bits per heavy atom. The highest BCUT2D eigenvalue weighted by Crippen LogP contribution is 2.24. The lowest BCUT2D eigenvalue weighted by atomic mass is 9.95. The summed E-state index contributed by atoms with van der Waals surface area (Å²) in [7, 11) is 1.68. The lowest BCUT2D eigenvalue weighted by Crippen LogP contribution is -2.51. The topological polar surface area (TPSA) is 107 Å². The molecule has 0 fully saturated rings. The third kappa shape index (κ3) is 4.42. The van der Waals surface area contributed by atoms with Crippen LogP contribution in [-0.4, -0.2) is 30.0 Å². The van der Waals surface area contributed by atoms with Gasteiger partial charge in [-0.2, -0.15) is 0 Å². The third-order valence-corrected chi connectivity index (χ3v) is 3.56. The van der Waals surface area contributed by atoms with Crippen LogP contribution in [0.3, 0.4) is 0 Å². The smallest absolute Gasteiger partial charge is 0.273 e. The number of ether oxygens (including phenoxy) is 1. The first-order valence-electron chi connectivity index (χ1n) is 6.67. The van der Waals surface area contributed by atoms with Gasteiger partial charge < -0.3 is 15.8 Å². The Kier molecular flexibility index (Phi) is 5.66. The van der Waals surface area contributed by atoms with Crippen LogP contribution in [0.4, 0.5) is 5.69 Å². The van der Waals surface area contributed by atoms with Gasteiger partial charge in [0, 0.05) is 6.07 Å². The Hall–Kier alpha value is -2.15. The third-order valence-electron chi connectivity index (χ3n) is 3.56. The standard InChI is InChI=1S/C14H21N3O4/c1-10-5-6-11(17(19)20)9-12(10)21-8-4-7-14(2,16-3)13(15)18/h5-6,9,16H,4,7-8H2,1-3H3,(H2,15,18). The molecule has 1 atom stereocenters. The van der Waals surface area contributed by atoms with Crippen LogP contribution in [0.5, 0.6) is 5.75 Å². The van der Waals surface area contributed by atoms with Gasteiger partial charge >= 0.3 is 0 Å². The summed E-state index contributed by atoms with van der Waals surface area (Å²) in [5, 5.41) is 13.6. The largest absolute Gasteiger partial charge is 0.493 e. The molecule has 1 rings (SSSR count). The van der Waals surface area contributed by atoms with Crippen molar-refractivity contribution >= 4 is 11.6 Å². The number of nitrogens with one attached hydrogen (secondary N) is 1. The number of benzene rings is 1. The minimum Gasteiger partial charge on any atom is -0.493 e. The van der Waals surface area contributed by atoms with Gasteiger partial charge in [0.2, 0.25) is 5.91 Å². The first kappa shape index (κ1) is 16.9. The van der Waals surface area contributed by atoms with Crippen LogP contribution >= 0.6 is 0 Å². The van der Waals surface area contributed by atoms with Gasteiger partial charge in [0.05, 0.1) is 23.1 Å². The van der Waals surface area contributed by atoms with Crippen LogP contribution < -0.4 is 15.8 Å². The van der Waals surface area contributed by atoms with Gasteiger partial charge in [-0.25, -0.2) is 0 Å². The van der Waals surface area contributed by atoms with E-state index in [1.165, 1.54) is 12.1 Å². The van der Waals surface area contributed by atoms with Gasteiger partial charge in [0.25, 0.3) is 5.69 Å². The SMILES string of the molecule is CNC(C)(CCCOc1cc([N+](=O)[O-])ccc1C)C(N)=O. The second-order valence-electron chi connectivity index (χ2n) is 5.11. The molecule has 1 unspecified atom stereocenters. The van der Waals surface area contributed by atoms with Crippen molar-refractivity contribution in [1.29, 1.82) is 0 Å². The number of primary amides is 1. The minimum atomic E-state index is -0.777. The highest BCUT2D eigenvalue weighted by molar-refractivity contribution is 5.84. The normalized spacial score (nSPS) is 13.5. The number of nitro benzene ring substituents is 1. The molecule has 7 nitrogen and oxygen atoms in total. The van der Waals surface area contributed by atoms with Crippen molar-refractivity contribution < 1.29 is 14.5 Å². The summed E-state index contributed by atoms with van der Waals surface area (Å²) >= 11 is 0. The van der Waals surface area contributed by atoms with E-state index in [9.17, 15) is 14.9 Å². The van der Waals surface area contributed by atoms with Crippen LogP contribution in [-0.2, 0) is 4.79 Å². The summed E-state index contributed by atoms with van der Waals surface area (Å²) in [5.41, 5.74) is 5.38. The van der Waals surface area contributed by atoms with E-state index in [0.717, 1.165) is 5.56 Å². The minimum absolute atomic E-state index is 0.00667. The molecule has 0 bridgehead atoms. The lowest BCUT2D eigenvalue weighted by molar-refractivity contribution is -0.384. The molecule has 0 saturated carbocycles. The van der Waals surface area contributed by atoms with E-state index >= 15 is 0 Å². The number of nitrogens with two attached hydrogens (primary N) is 1. The molecular formula is C14H21N3O4. The van der Waals surface area contributed by atoms with Crippen molar-refractivity contribution in [3.8, 4) is 5.75 Å². The molecule has 0 aromatic heterocycles. The molecule has 7 heteroatoms. The Balaban J connectivity index is 2.59. The highest BCUT2D eigenvalue weighted by Gasteiger charge is 2.28. The number of nitrogens with zero attached hydrogens (tertiary/aromatic N) is 1. The number of amides is 1. The van der Waals surface area contributed by atoms with E-state index < -0.39 is 16.4 Å². The van der Waals surface area contributed by atoms with Gasteiger partial charge in [-0.3, -0.25) is 14.9 Å². The quantitative estimate of drug-likeness (QED) is 0.429. The van der Waals surface area contributed by atoms with Gasteiger partial charge in [-0.05, 0) is 45.4 Å². The molecule has 0 aliphatic rings. The molecule has 0 saturated heterocycles. The van der Waals surface area contributed by atoms with Crippen LogP contribution in [0.15, 0.2) is 18.2 Å². The fraction of sp³-hybridized carbons (Fsp3) is 0.500. The molecule has 0 radical (unpaired) electrons. The molecule has 116 valence electrons. The second-order valence-corrected chi connectivity index (χ2v) is 5.11. The molecule has 0 aliphatic heterocycles. The van der Waals surface area contributed by atoms with Crippen LogP contribution in [0, 0.1) is 17.0 Å². The van der Waals surface area contributed by atoms with E-state index in [4.69, 9.17) is 10.5 Å². The maximum Gasteiger partial charge on any atom is 0.273 e. The van der Waals surface area contributed by atoms with Crippen molar-refractivity contribution in [2.24, 2.45) is 5.73 Å². The number of nitro groups is 1. The number of non-ortho nitro benzene ring substituents is 1.